The maximum Gasteiger partial charge on any atom is 0.133 e. The molecule has 0 unspecified atom stereocenters. The van der Waals surface area contributed by atoms with Crippen LogP contribution >= 0.6 is 0 Å². The Kier molecular flexibility index (Phi) is 4.84. The molecule has 0 saturated carbocycles. The van der Waals surface area contributed by atoms with Gasteiger partial charge in [-0.3, -0.25) is 0 Å². The van der Waals surface area contributed by atoms with Crippen LogP contribution in [-0.4, -0.2) is 5.11 Å². The second-order valence-electron chi connectivity index (χ2n) is 3.63. The summed E-state index contributed by atoms with van der Waals surface area (Å²) in [5, 5.41) is 9.35. The van der Waals surface area contributed by atoms with Gasteiger partial charge in [0, 0.05) is 11.6 Å². The quantitative estimate of drug-likeness (QED) is 0.779. The van der Waals surface area contributed by atoms with Gasteiger partial charge in [-0.15, -0.1) is 0 Å². The predicted octanol–water partition coefficient (Wildman–Crippen LogP) is 4.67. The number of rotatable bonds is 1. The van der Waals surface area contributed by atoms with Crippen LogP contribution in [0.1, 0.15) is 19.4 Å². The molecule has 0 bridgehead atoms. The lowest BCUT2D eigenvalue weighted by molar-refractivity contribution is 0.471. The number of halogens is 2. The molecule has 0 aliphatic rings. The minimum atomic E-state index is -0.606. The molecule has 0 saturated heterocycles. The van der Waals surface area contributed by atoms with Gasteiger partial charge in [-0.25, -0.2) is 8.78 Å². The summed E-state index contributed by atoms with van der Waals surface area (Å²) in [6, 6.07) is 8.19. The standard InChI is InChI=1S/C13H10F2O.C2H6/c1-8-6-9(2-5-13(8)16)11-4-3-10(14)7-12(11)15;1-2/h2-7,16H,1H3;1-2H3. The second kappa shape index (κ2) is 6.15. The van der Waals surface area contributed by atoms with Gasteiger partial charge >= 0.3 is 0 Å². The molecule has 0 atom stereocenters. The zero-order chi connectivity index (χ0) is 13.7. The third-order valence-electron chi connectivity index (χ3n) is 2.44. The van der Waals surface area contributed by atoms with Crippen molar-refractivity contribution in [3.05, 3.63) is 53.6 Å². The third kappa shape index (κ3) is 3.06. The maximum atomic E-state index is 13.5. The number of benzene rings is 2. The molecule has 96 valence electrons. The molecular formula is C15H16F2O. The molecule has 1 nitrogen and oxygen atoms in total. The molecule has 1 N–H and O–H groups in total. The molecule has 2 rings (SSSR count). The van der Waals surface area contributed by atoms with E-state index in [2.05, 4.69) is 0 Å². The van der Waals surface area contributed by atoms with E-state index in [9.17, 15) is 13.9 Å². The highest BCUT2D eigenvalue weighted by atomic mass is 19.1. The number of phenolic OH excluding ortho intramolecular Hbond substituents is 1. The molecule has 2 aromatic rings. The highest BCUT2D eigenvalue weighted by molar-refractivity contribution is 5.66. The Morgan fingerprint density at radius 3 is 2.17 bits per heavy atom. The fourth-order valence-electron chi connectivity index (χ4n) is 1.55. The van der Waals surface area contributed by atoms with Crippen molar-refractivity contribution in [2.45, 2.75) is 20.8 Å². The lowest BCUT2D eigenvalue weighted by atomic mass is 10.0. The van der Waals surface area contributed by atoms with E-state index in [4.69, 9.17) is 0 Å². The van der Waals surface area contributed by atoms with Crippen LogP contribution < -0.4 is 0 Å². The fourth-order valence-corrected chi connectivity index (χ4v) is 1.55. The maximum absolute atomic E-state index is 13.5. The van der Waals surface area contributed by atoms with E-state index in [1.807, 2.05) is 13.8 Å². The minimum absolute atomic E-state index is 0.159. The average molecular weight is 250 g/mol. The molecular weight excluding hydrogens is 234 g/mol. The summed E-state index contributed by atoms with van der Waals surface area (Å²) >= 11 is 0. The topological polar surface area (TPSA) is 20.2 Å². The molecule has 18 heavy (non-hydrogen) atoms. The van der Waals surface area contributed by atoms with E-state index in [1.165, 1.54) is 18.2 Å². The van der Waals surface area contributed by atoms with Crippen LogP contribution in [0.5, 0.6) is 5.75 Å². The molecule has 3 heteroatoms. The summed E-state index contributed by atoms with van der Waals surface area (Å²) in [6.07, 6.45) is 0. The smallest absolute Gasteiger partial charge is 0.133 e. The number of hydrogen-bond donors (Lipinski definition) is 1. The zero-order valence-corrected chi connectivity index (χ0v) is 10.7. The normalized spacial score (nSPS) is 9.61. The number of phenols is 1. The Labute approximate surface area is 106 Å². The van der Waals surface area contributed by atoms with Gasteiger partial charge in [-0.05, 0) is 42.3 Å². The van der Waals surface area contributed by atoms with Gasteiger partial charge in [-0.1, -0.05) is 19.9 Å². The summed E-state index contributed by atoms with van der Waals surface area (Å²) in [5.74, 6) is -1.05. The van der Waals surface area contributed by atoms with Gasteiger partial charge in [0.25, 0.3) is 0 Å². The summed E-state index contributed by atoms with van der Waals surface area (Å²) in [7, 11) is 0. The fraction of sp³-hybridized carbons (Fsp3) is 0.200. The van der Waals surface area contributed by atoms with Gasteiger partial charge in [0.1, 0.15) is 17.4 Å². The first-order valence-corrected chi connectivity index (χ1v) is 5.83. The number of aromatic hydroxyl groups is 1. The number of hydrogen-bond acceptors (Lipinski definition) is 1. The summed E-state index contributed by atoms with van der Waals surface area (Å²) < 4.78 is 26.2. The molecule has 2 aromatic carbocycles. The van der Waals surface area contributed by atoms with Gasteiger partial charge in [0.2, 0.25) is 0 Å². The Hall–Kier alpha value is -1.90. The molecule has 0 aliphatic carbocycles. The van der Waals surface area contributed by atoms with Crippen molar-refractivity contribution >= 4 is 0 Å². The lowest BCUT2D eigenvalue weighted by Crippen LogP contribution is -1.87. The zero-order valence-electron chi connectivity index (χ0n) is 10.7. The first kappa shape index (κ1) is 14.2. The molecule has 0 amide bonds. The highest BCUT2D eigenvalue weighted by Crippen LogP contribution is 2.27. The summed E-state index contributed by atoms with van der Waals surface area (Å²) in [4.78, 5) is 0. The SMILES string of the molecule is CC.Cc1cc(-c2ccc(F)cc2F)ccc1O. The number of aryl methyl sites for hydroxylation is 1. The largest absolute Gasteiger partial charge is 0.508 e. The van der Waals surface area contributed by atoms with E-state index in [1.54, 1.807) is 19.1 Å². The van der Waals surface area contributed by atoms with Gasteiger partial charge in [0.15, 0.2) is 0 Å². The third-order valence-corrected chi connectivity index (χ3v) is 2.44. The minimum Gasteiger partial charge on any atom is -0.508 e. The summed E-state index contributed by atoms with van der Waals surface area (Å²) in [6.45, 7) is 5.72. The molecule has 0 radical (unpaired) electrons. The monoisotopic (exact) mass is 250 g/mol. The molecule has 0 aliphatic heterocycles. The van der Waals surface area contributed by atoms with E-state index in [0.29, 0.717) is 16.7 Å². The van der Waals surface area contributed by atoms with Crippen LogP contribution in [0.2, 0.25) is 0 Å². The predicted molar refractivity (Wildman–Crippen MR) is 69.5 cm³/mol. The van der Waals surface area contributed by atoms with Crippen molar-refractivity contribution in [2.75, 3.05) is 0 Å². The van der Waals surface area contributed by atoms with Crippen molar-refractivity contribution in [3.8, 4) is 16.9 Å². The summed E-state index contributed by atoms with van der Waals surface area (Å²) in [5.41, 5.74) is 1.60. The first-order valence-electron chi connectivity index (χ1n) is 5.83. The van der Waals surface area contributed by atoms with Crippen molar-refractivity contribution < 1.29 is 13.9 Å². The lowest BCUT2D eigenvalue weighted by Gasteiger charge is -2.06. The molecule has 0 aromatic heterocycles. The van der Waals surface area contributed by atoms with E-state index in [-0.39, 0.29) is 5.75 Å². The van der Waals surface area contributed by atoms with Crippen molar-refractivity contribution in [3.63, 3.8) is 0 Å². The Morgan fingerprint density at radius 1 is 0.944 bits per heavy atom. The Morgan fingerprint density at radius 2 is 1.61 bits per heavy atom. The Balaban J connectivity index is 0.000000771. The van der Waals surface area contributed by atoms with Gasteiger partial charge in [-0.2, -0.15) is 0 Å². The first-order chi connectivity index (χ1) is 8.58. The van der Waals surface area contributed by atoms with Crippen LogP contribution in [0.4, 0.5) is 8.78 Å². The van der Waals surface area contributed by atoms with Crippen molar-refractivity contribution in [2.24, 2.45) is 0 Å². The van der Waals surface area contributed by atoms with E-state index in [0.717, 1.165) is 6.07 Å². The van der Waals surface area contributed by atoms with Crippen LogP contribution in [-0.2, 0) is 0 Å². The van der Waals surface area contributed by atoms with Crippen molar-refractivity contribution in [1.82, 2.24) is 0 Å². The van der Waals surface area contributed by atoms with Crippen molar-refractivity contribution in [1.29, 1.82) is 0 Å². The van der Waals surface area contributed by atoms with Crippen LogP contribution in [0.25, 0.3) is 11.1 Å². The second-order valence-corrected chi connectivity index (χ2v) is 3.63. The molecule has 0 fully saturated rings. The van der Waals surface area contributed by atoms with E-state index < -0.39 is 11.6 Å². The van der Waals surface area contributed by atoms with Crippen LogP contribution in [0.3, 0.4) is 0 Å². The van der Waals surface area contributed by atoms with E-state index >= 15 is 0 Å². The molecule has 0 heterocycles. The average Bonchev–Trinajstić information content (AvgIpc) is 2.35. The highest BCUT2D eigenvalue weighted by Gasteiger charge is 2.07. The van der Waals surface area contributed by atoms with Crippen LogP contribution in [0, 0.1) is 18.6 Å². The molecule has 0 spiro atoms. The Bertz CT molecular complexity index is 536. The van der Waals surface area contributed by atoms with Crippen LogP contribution in [0.15, 0.2) is 36.4 Å². The van der Waals surface area contributed by atoms with Gasteiger partial charge < -0.3 is 5.11 Å². The van der Waals surface area contributed by atoms with Gasteiger partial charge in [0.05, 0.1) is 0 Å².